The summed E-state index contributed by atoms with van der Waals surface area (Å²) in [7, 11) is 0. The van der Waals surface area contributed by atoms with E-state index in [1.807, 2.05) is 44.2 Å². The second kappa shape index (κ2) is 6.95. The van der Waals surface area contributed by atoms with Crippen molar-refractivity contribution in [1.82, 2.24) is 5.32 Å². The highest BCUT2D eigenvalue weighted by atomic mass is 16.7. The summed E-state index contributed by atoms with van der Waals surface area (Å²) in [6, 6.07) is 13.3. The number of aryl methyl sites for hydroxylation is 1. The maximum Gasteiger partial charge on any atom is 0.231 e. The summed E-state index contributed by atoms with van der Waals surface area (Å²) in [5, 5.41) is 3.05. The van der Waals surface area contributed by atoms with Gasteiger partial charge in [-0.15, -0.1) is 0 Å². The quantitative estimate of drug-likeness (QED) is 0.903. The second-order valence-corrected chi connectivity index (χ2v) is 7.03. The van der Waals surface area contributed by atoms with E-state index in [-0.39, 0.29) is 37.0 Å². The number of carbonyl (C=O) groups excluding carboxylic acids is 2. The zero-order valence-electron chi connectivity index (χ0n) is 15.4. The predicted molar refractivity (Wildman–Crippen MR) is 101 cm³/mol. The van der Waals surface area contributed by atoms with Crippen molar-refractivity contribution >= 4 is 17.5 Å². The molecular formula is C21H22N2O4. The summed E-state index contributed by atoms with van der Waals surface area (Å²) in [6.45, 7) is 4.55. The molecule has 2 aromatic carbocycles. The molecular weight excluding hydrogens is 344 g/mol. The van der Waals surface area contributed by atoms with E-state index in [4.69, 9.17) is 9.47 Å². The number of hydrogen-bond acceptors (Lipinski definition) is 4. The van der Waals surface area contributed by atoms with Crippen LogP contribution < -0.4 is 19.7 Å². The lowest BCUT2D eigenvalue weighted by Crippen LogP contribution is -2.34. The van der Waals surface area contributed by atoms with Crippen LogP contribution in [0.5, 0.6) is 11.5 Å². The van der Waals surface area contributed by atoms with Crippen molar-refractivity contribution in [3.05, 3.63) is 53.6 Å². The molecule has 4 rings (SSSR count). The number of rotatable bonds is 4. The Labute approximate surface area is 158 Å². The molecule has 0 aliphatic carbocycles. The molecule has 2 aromatic rings. The minimum atomic E-state index is -0.366. The topological polar surface area (TPSA) is 67.9 Å². The smallest absolute Gasteiger partial charge is 0.231 e. The van der Waals surface area contributed by atoms with E-state index in [2.05, 4.69) is 5.32 Å². The van der Waals surface area contributed by atoms with Gasteiger partial charge in [0.05, 0.1) is 12.0 Å². The highest BCUT2D eigenvalue weighted by molar-refractivity contribution is 6.00. The van der Waals surface area contributed by atoms with Gasteiger partial charge in [0, 0.05) is 24.7 Å². The molecule has 6 nitrogen and oxygen atoms in total. The molecule has 0 aromatic heterocycles. The third-order valence-corrected chi connectivity index (χ3v) is 5.18. The summed E-state index contributed by atoms with van der Waals surface area (Å²) in [5.41, 5.74) is 2.95. The zero-order chi connectivity index (χ0) is 19.0. The first-order valence-electron chi connectivity index (χ1n) is 9.09. The van der Waals surface area contributed by atoms with Crippen molar-refractivity contribution < 1.29 is 19.1 Å². The van der Waals surface area contributed by atoms with Gasteiger partial charge < -0.3 is 19.7 Å². The summed E-state index contributed by atoms with van der Waals surface area (Å²) in [5.74, 6) is 0.780. The van der Waals surface area contributed by atoms with E-state index in [1.165, 1.54) is 0 Å². The minimum Gasteiger partial charge on any atom is -0.454 e. The van der Waals surface area contributed by atoms with Gasteiger partial charge in [-0.05, 0) is 37.1 Å². The van der Waals surface area contributed by atoms with Crippen LogP contribution in [-0.2, 0) is 9.59 Å². The second-order valence-electron chi connectivity index (χ2n) is 7.03. The molecule has 1 N–H and O–H groups in total. The molecule has 2 amide bonds. The first-order valence-corrected chi connectivity index (χ1v) is 9.09. The molecule has 2 aliphatic heterocycles. The van der Waals surface area contributed by atoms with Gasteiger partial charge in [0.15, 0.2) is 11.5 Å². The lowest BCUT2D eigenvalue weighted by Gasteiger charge is -2.20. The van der Waals surface area contributed by atoms with Gasteiger partial charge in [0.1, 0.15) is 0 Å². The highest BCUT2D eigenvalue weighted by Crippen LogP contribution is 2.37. The number of amides is 2. The van der Waals surface area contributed by atoms with E-state index in [9.17, 15) is 9.59 Å². The number of ether oxygens (including phenoxy) is 2. The molecule has 2 atom stereocenters. The summed E-state index contributed by atoms with van der Waals surface area (Å²) < 4.78 is 10.7. The molecule has 0 radical (unpaired) electrons. The first kappa shape index (κ1) is 17.4. The summed E-state index contributed by atoms with van der Waals surface area (Å²) >= 11 is 0. The number of nitrogens with one attached hydrogen (secondary N) is 1. The van der Waals surface area contributed by atoms with Gasteiger partial charge in [-0.1, -0.05) is 24.3 Å². The standard InChI is InChI=1S/C21H22N2O4/c1-13-5-3-4-6-17(13)14(2)22-21(25)15-9-20(24)23(11-15)16-7-8-18-19(10-16)27-12-26-18/h3-8,10,14-15H,9,11-12H2,1-2H3,(H,22,25). The fourth-order valence-electron chi connectivity index (χ4n) is 3.67. The number of anilines is 1. The SMILES string of the molecule is Cc1ccccc1C(C)NC(=O)C1CC(=O)N(c2ccc3c(c2)OCO3)C1. The number of nitrogens with zero attached hydrogens (tertiary/aromatic N) is 1. The molecule has 0 bridgehead atoms. The van der Waals surface area contributed by atoms with Crippen molar-refractivity contribution in [3.8, 4) is 11.5 Å². The van der Waals surface area contributed by atoms with Crippen LogP contribution >= 0.6 is 0 Å². The number of benzene rings is 2. The van der Waals surface area contributed by atoms with Crippen molar-refractivity contribution in [2.24, 2.45) is 5.92 Å². The average molecular weight is 366 g/mol. The third kappa shape index (κ3) is 3.35. The van der Waals surface area contributed by atoms with Gasteiger partial charge in [0.2, 0.25) is 18.6 Å². The number of fused-ring (bicyclic) bond motifs is 1. The molecule has 6 heteroatoms. The number of carbonyl (C=O) groups is 2. The minimum absolute atomic E-state index is 0.0578. The maximum absolute atomic E-state index is 12.7. The molecule has 2 aliphatic rings. The fraction of sp³-hybridized carbons (Fsp3) is 0.333. The largest absolute Gasteiger partial charge is 0.454 e. The van der Waals surface area contributed by atoms with Gasteiger partial charge >= 0.3 is 0 Å². The van der Waals surface area contributed by atoms with Gasteiger partial charge in [-0.2, -0.15) is 0 Å². The Bertz CT molecular complexity index is 896. The maximum atomic E-state index is 12.7. The van der Waals surface area contributed by atoms with Crippen molar-refractivity contribution in [2.45, 2.75) is 26.3 Å². The molecule has 1 fully saturated rings. The lowest BCUT2D eigenvalue weighted by molar-refractivity contribution is -0.126. The van der Waals surface area contributed by atoms with E-state index < -0.39 is 0 Å². The van der Waals surface area contributed by atoms with Crippen molar-refractivity contribution in [3.63, 3.8) is 0 Å². The first-order chi connectivity index (χ1) is 13.0. The lowest BCUT2D eigenvalue weighted by atomic mass is 10.0. The van der Waals surface area contributed by atoms with Crippen LogP contribution in [0.2, 0.25) is 0 Å². The zero-order valence-corrected chi connectivity index (χ0v) is 15.4. The Hall–Kier alpha value is -3.02. The molecule has 0 spiro atoms. The van der Waals surface area contributed by atoms with Crippen LogP contribution in [0.1, 0.15) is 30.5 Å². The Morgan fingerprint density at radius 3 is 2.78 bits per heavy atom. The Kier molecular flexibility index (Phi) is 4.48. The predicted octanol–water partition coefficient (Wildman–Crippen LogP) is 2.95. The Balaban J connectivity index is 1.44. The van der Waals surface area contributed by atoms with Crippen LogP contribution in [0.3, 0.4) is 0 Å². The molecule has 27 heavy (non-hydrogen) atoms. The van der Waals surface area contributed by atoms with E-state index in [1.54, 1.807) is 17.0 Å². The highest BCUT2D eigenvalue weighted by Gasteiger charge is 2.36. The van der Waals surface area contributed by atoms with Crippen LogP contribution in [0.15, 0.2) is 42.5 Å². The van der Waals surface area contributed by atoms with Crippen molar-refractivity contribution in [1.29, 1.82) is 0 Å². The van der Waals surface area contributed by atoms with E-state index in [0.29, 0.717) is 18.0 Å². The summed E-state index contributed by atoms with van der Waals surface area (Å²) in [4.78, 5) is 26.8. The molecule has 2 unspecified atom stereocenters. The van der Waals surface area contributed by atoms with Crippen molar-refractivity contribution in [2.75, 3.05) is 18.2 Å². The Morgan fingerprint density at radius 1 is 1.19 bits per heavy atom. The van der Waals surface area contributed by atoms with Gasteiger partial charge in [-0.3, -0.25) is 9.59 Å². The molecule has 0 saturated carbocycles. The summed E-state index contributed by atoms with van der Waals surface area (Å²) in [6.07, 6.45) is 0.209. The molecule has 140 valence electrons. The molecule has 1 saturated heterocycles. The Morgan fingerprint density at radius 2 is 1.96 bits per heavy atom. The fourth-order valence-corrected chi connectivity index (χ4v) is 3.67. The van der Waals surface area contributed by atoms with E-state index in [0.717, 1.165) is 16.8 Å². The van der Waals surface area contributed by atoms with Crippen LogP contribution in [-0.4, -0.2) is 25.2 Å². The van der Waals surface area contributed by atoms with E-state index >= 15 is 0 Å². The van der Waals surface area contributed by atoms with Gasteiger partial charge in [-0.25, -0.2) is 0 Å². The normalized spacial score (nSPS) is 19.3. The van der Waals surface area contributed by atoms with Crippen LogP contribution in [0, 0.1) is 12.8 Å². The monoisotopic (exact) mass is 366 g/mol. The average Bonchev–Trinajstić information content (AvgIpc) is 3.27. The number of hydrogen-bond donors (Lipinski definition) is 1. The van der Waals surface area contributed by atoms with Crippen LogP contribution in [0.4, 0.5) is 5.69 Å². The van der Waals surface area contributed by atoms with Gasteiger partial charge in [0.25, 0.3) is 0 Å². The third-order valence-electron chi connectivity index (χ3n) is 5.18. The molecule has 2 heterocycles. The van der Waals surface area contributed by atoms with Crippen LogP contribution in [0.25, 0.3) is 0 Å².